The summed E-state index contributed by atoms with van der Waals surface area (Å²) in [6, 6.07) is 8.94. The Morgan fingerprint density at radius 1 is 0.850 bits per heavy atom. The number of nitrogens with zero attached hydrogens (tertiary/aromatic N) is 10. The second kappa shape index (κ2) is 28.7. The van der Waals surface area contributed by atoms with E-state index < -0.39 is 73.2 Å². The van der Waals surface area contributed by atoms with Gasteiger partial charge in [0, 0.05) is 81.1 Å². The first-order valence-corrected chi connectivity index (χ1v) is 42.8. The van der Waals surface area contributed by atoms with Gasteiger partial charge in [0.05, 0.1) is 72.7 Å². The van der Waals surface area contributed by atoms with Crippen molar-refractivity contribution in [3.63, 3.8) is 0 Å². The molecule has 2 N–H and O–H groups in total. The summed E-state index contributed by atoms with van der Waals surface area (Å²) < 4.78 is 107. The lowest BCUT2D eigenvalue weighted by atomic mass is 9.65. The number of thiazole rings is 1. The van der Waals surface area contributed by atoms with Crippen molar-refractivity contribution in [1.29, 1.82) is 0 Å². The number of carbonyl (C=O) groups excluding carboxylic acids is 4. The Hall–Kier alpha value is -6.98. The van der Waals surface area contributed by atoms with Gasteiger partial charge in [-0.05, 0) is 182 Å². The highest BCUT2D eigenvalue weighted by Gasteiger charge is 2.72. The minimum absolute atomic E-state index is 0.00268. The Labute approximate surface area is 632 Å². The Bertz CT molecular complexity index is 4490. The molecular weight excluding hydrogens is 1430 g/mol. The molecule has 4 amide bonds. The molecule has 10 heterocycles. The molecule has 5 aliphatic heterocycles. The number of likely N-dealkylation sites (tertiary alicyclic amines) is 2. The topological polar surface area (TPSA) is 212 Å². The fourth-order valence-electron chi connectivity index (χ4n) is 17.3. The molecule has 14 rings (SSSR count). The van der Waals surface area contributed by atoms with Crippen molar-refractivity contribution in [1.82, 2.24) is 55.0 Å². The molecule has 28 heteroatoms. The van der Waals surface area contributed by atoms with Gasteiger partial charge >= 0.3 is 18.3 Å². The zero-order chi connectivity index (χ0) is 76.3. The number of pyridine rings is 1. The third-order valence-corrected chi connectivity index (χ3v) is 31.0. The average Bonchev–Trinajstić information content (AvgIpc) is 1.57. The van der Waals surface area contributed by atoms with Gasteiger partial charge in [0.1, 0.15) is 34.9 Å². The van der Waals surface area contributed by atoms with Crippen LogP contribution in [0, 0.1) is 36.0 Å². The van der Waals surface area contributed by atoms with Crippen molar-refractivity contribution >= 4 is 91.8 Å². The summed E-state index contributed by atoms with van der Waals surface area (Å²) in [4.78, 5) is 85.8. The van der Waals surface area contributed by atoms with Crippen molar-refractivity contribution in [2.24, 2.45) is 22.2 Å². The van der Waals surface area contributed by atoms with Crippen LogP contribution in [0.1, 0.15) is 181 Å². The van der Waals surface area contributed by atoms with E-state index in [9.17, 15) is 14.4 Å². The molecule has 2 saturated carbocycles. The molecule has 7 fully saturated rings. The smallest absolute Gasteiger partial charge is 0.417 e. The van der Waals surface area contributed by atoms with Crippen LogP contribution in [0.4, 0.5) is 32.6 Å². The lowest BCUT2D eigenvalue weighted by molar-refractivity contribution is -0.144. The second-order valence-electron chi connectivity index (χ2n) is 35.3. The summed E-state index contributed by atoms with van der Waals surface area (Å²) in [5.41, 5.74) is 1.41. The maximum atomic E-state index is 16.2. The van der Waals surface area contributed by atoms with E-state index in [2.05, 4.69) is 64.4 Å². The molecule has 7 aliphatic rings. The normalized spacial score (nSPS) is 24.1. The summed E-state index contributed by atoms with van der Waals surface area (Å²) in [7, 11) is -2.32. The molecule has 5 saturated heterocycles. The Kier molecular flexibility index (Phi) is 20.6. The fourth-order valence-corrected chi connectivity index (χ4v) is 20.6. The number of rotatable bonds is 18. The summed E-state index contributed by atoms with van der Waals surface area (Å²) in [5.74, 6) is -3.34. The Morgan fingerprint density at radius 2 is 1.55 bits per heavy atom. The maximum absolute atomic E-state index is 16.2. The molecule has 107 heavy (non-hydrogen) atoms. The summed E-state index contributed by atoms with van der Waals surface area (Å²) in [6.45, 7) is 28.2. The van der Waals surface area contributed by atoms with Crippen LogP contribution >= 0.6 is 22.7 Å². The number of fused-ring (bicyclic) bond motifs is 6. The lowest BCUT2D eigenvalue weighted by Crippen LogP contribution is -2.58. The summed E-state index contributed by atoms with van der Waals surface area (Å²) in [5, 5.41) is 12.2. The number of ether oxygens (including phenoxy) is 3. The quantitative estimate of drug-likeness (QED) is 0.0604. The van der Waals surface area contributed by atoms with Gasteiger partial charge in [-0.15, -0.1) is 22.7 Å². The predicted octanol–water partition coefficient (Wildman–Crippen LogP) is 16.2. The van der Waals surface area contributed by atoms with E-state index >= 15 is 26.7 Å². The molecule has 3 unspecified atom stereocenters. The fraction of sp³-hybridized carbons (Fsp3) is 0.633. The van der Waals surface area contributed by atoms with Gasteiger partial charge < -0.3 is 44.0 Å². The van der Waals surface area contributed by atoms with Crippen LogP contribution in [-0.2, 0) is 41.0 Å². The molecule has 578 valence electrons. The molecule has 2 bridgehead atoms. The van der Waals surface area contributed by atoms with Gasteiger partial charge in [-0.1, -0.05) is 65.8 Å². The van der Waals surface area contributed by atoms with Gasteiger partial charge in [-0.25, -0.2) is 23.2 Å². The molecule has 2 aromatic carbocycles. The van der Waals surface area contributed by atoms with E-state index in [1.807, 2.05) is 78.2 Å². The van der Waals surface area contributed by atoms with Crippen LogP contribution in [0.25, 0.3) is 52.9 Å². The van der Waals surface area contributed by atoms with Crippen molar-refractivity contribution in [3.8, 4) is 27.7 Å². The number of halogens is 5. The van der Waals surface area contributed by atoms with Crippen LogP contribution in [0.2, 0.25) is 18.1 Å². The SMILES string of the molecule is Cc1cc2c(cnn2C2CCCCO2)c(-c2nccc3c2sc2nc(OC[C@]4(CN5CCC6(CCC(CC(=O)N[C@H](C(=O)N7C[C@H](O[Si](C)(C)C(C)(C)C)C[C@H]7C(=O)NCc7ccc(-c8scnc8C)cc7)C(C)(C)C)CC6)CC5)CC4(F)F)nc(N4CC5CCC(C4)N5C(=O)OC(C)(C)C)c23)c1C(F)(F)F. The first-order chi connectivity index (χ1) is 50.4. The van der Waals surface area contributed by atoms with E-state index in [0.717, 1.165) is 84.4 Å². The van der Waals surface area contributed by atoms with E-state index in [1.165, 1.54) is 25.4 Å². The largest absolute Gasteiger partial charge is 0.462 e. The van der Waals surface area contributed by atoms with Crippen LogP contribution < -0.4 is 20.3 Å². The molecule has 2 aliphatic carbocycles. The van der Waals surface area contributed by atoms with E-state index in [-0.39, 0.29) is 113 Å². The summed E-state index contributed by atoms with van der Waals surface area (Å²) >= 11 is 2.73. The van der Waals surface area contributed by atoms with Crippen LogP contribution in [0.15, 0.2) is 54.3 Å². The first kappa shape index (κ1) is 76.8. The van der Waals surface area contributed by atoms with Crippen molar-refractivity contribution < 1.29 is 59.8 Å². The van der Waals surface area contributed by atoms with Crippen molar-refractivity contribution in [2.45, 2.75) is 245 Å². The standard InChI is InChI=1S/C79H103F5N12O8S2Si/c1-46-34-56-55(38-88-96(56)59-16-14-15-33-101-59)60(62(46)79(82,83)84)63-65-54(25-30-85-63)61-67(93-39-51-21-22-52(40-93)95(51)72(100)103-74(6,7)8)90-71(91-69(61)106-65)102-44-77(42-78(77,80)81)43-92-31-28-76(29-32-92)26-23-48(24-27-76)35-58(97)89-66(73(3,4)5)70(99)94-41-53(104-107(12,13)75(9,10)11)36-57(94)68(98)86-37-49-17-19-50(20-18-49)64-47(2)87-45-105-64/h17-20,25,30,34,38,45,48,51-53,57,59,66H,14-16,21-24,26-29,31-33,35-37,39-44H2,1-13H3,(H,86,98)(H,89,97)/t51?,52?,53-,57+,59?,66-,77-/m1/s1. The Morgan fingerprint density at radius 3 is 2.17 bits per heavy atom. The number of thiophene rings is 1. The first-order valence-electron chi connectivity index (χ1n) is 38.2. The third-order valence-electron chi connectivity index (χ3n) is 24.4. The Balaban J connectivity index is 0.648. The minimum Gasteiger partial charge on any atom is -0.462 e. The molecule has 0 radical (unpaired) electrons. The predicted molar refractivity (Wildman–Crippen MR) is 407 cm³/mol. The number of piperazine rings is 1. The number of carbonyl (C=O) groups is 4. The number of hydrogen-bond acceptors (Lipinski definition) is 17. The van der Waals surface area contributed by atoms with Gasteiger partial charge in [0.2, 0.25) is 17.7 Å². The molecule has 1 spiro atoms. The van der Waals surface area contributed by atoms with Gasteiger partial charge in [0.25, 0.3) is 5.92 Å². The molecule has 20 nitrogen and oxygen atoms in total. The van der Waals surface area contributed by atoms with Crippen LogP contribution in [0.3, 0.4) is 0 Å². The molecule has 5 aromatic heterocycles. The highest BCUT2D eigenvalue weighted by molar-refractivity contribution is 7.26. The van der Waals surface area contributed by atoms with E-state index in [4.69, 9.17) is 33.6 Å². The minimum atomic E-state index is -4.78. The number of aromatic nitrogens is 6. The number of benzene rings is 2. The van der Waals surface area contributed by atoms with E-state index in [0.29, 0.717) is 90.1 Å². The van der Waals surface area contributed by atoms with Crippen molar-refractivity contribution in [2.75, 3.05) is 57.4 Å². The second-order valence-corrected chi connectivity index (χ2v) is 41.9. The lowest BCUT2D eigenvalue weighted by Gasteiger charge is -2.46. The monoisotopic (exact) mass is 1530 g/mol. The highest BCUT2D eigenvalue weighted by Crippen LogP contribution is 2.62. The molecular formula is C79H103F5N12O8S2Si. The van der Waals surface area contributed by atoms with Crippen molar-refractivity contribution in [3.05, 3.63) is 76.7 Å². The maximum Gasteiger partial charge on any atom is 0.417 e. The van der Waals surface area contributed by atoms with Gasteiger partial charge in [0.15, 0.2) is 14.5 Å². The number of hydrogen-bond donors (Lipinski definition) is 2. The highest BCUT2D eigenvalue weighted by atomic mass is 32.1. The average molecular weight is 1540 g/mol. The van der Waals surface area contributed by atoms with Crippen LogP contribution in [-0.4, -0.2) is 171 Å². The van der Waals surface area contributed by atoms with Gasteiger partial charge in [-0.3, -0.25) is 24.3 Å². The number of anilines is 1. The zero-order valence-electron chi connectivity index (χ0n) is 63.9. The number of alkyl halides is 5. The third kappa shape index (κ3) is 15.5. The summed E-state index contributed by atoms with van der Waals surface area (Å²) in [6.07, 6.45) is 5.96. The van der Waals surface area contributed by atoms with E-state index in [1.54, 1.807) is 31.9 Å². The molecule has 7 atom stereocenters. The number of amides is 4. The number of piperidine rings is 1. The molecule has 7 aromatic rings. The number of aryl methyl sites for hydroxylation is 2. The van der Waals surface area contributed by atoms with Gasteiger partial charge in [-0.2, -0.15) is 28.2 Å². The van der Waals surface area contributed by atoms with Crippen LogP contribution in [0.5, 0.6) is 6.01 Å². The zero-order valence-corrected chi connectivity index (χ0v) is 66.6. The number of nitrogens with one attached hydrogen (secondary N) is 2.